The van der Waals surface area contributed by atoms with Crippen LogP contribution in [-0.4, -0.2) is 4.92 Å². The van der Waals surface area contributed by atoms with Gasteiger partial charge in [-0.3, -0.25) is 10.1 Å². The fourth-order valence-electron chi connectivity index (χ4n) is 2.12. The van der Waals surface area contributed by atoms with Gasteiger partial charge < -0.3 is 5.32 Å². The van der Waals surface area contributed by atoms with Gasteiger partial charge in [-0.25, -0.2) is 9.24 Å². The van der Waals surface area contributed by atoms with Gasteiger partial charge in [0.1, 0.15) is 11.5 Å². The van der Waals surface area contributed by atoms with Gasteiger partial charge in [-0.05, 0) is 12.1 Å². The lowest BCUT2D eigenvalue weighted by atomic mass is 10.2. The topological polar surface area (TPSA) is 59.5 Å². The zero-order chi connectivity index (χ0) is 15.7. The third-order valence-corrected chi connectivity index (χ3v) is 4.16. The fourth-order valence-corrected chi connectivity index (χ4v) is 3.17. The average Bonchev–Trinajstić information content (AvgIpc) is 2.84. The van der Waals surface area contributed by atoms with Crippen molar-refractivity contribution in [3.63, 3.8) is 0 Å². The predicted octanol–water partition coefficient (Wildman–Crippen LogP) is 5.24. The van der Waals surface area contributed by atoms with E-state index in [2.05, 4.69) is 10.2 Å². The number of hydrogen-bond donors (Lipinski definition) is 1. The summed E-state index contributed by atoms with van der Waals surface area (Å²) in [6, 6.07) is 10.5. The highest BCUT2D eigenvalue weighted by Crippen LogP contribution is 2.44. The number of rotatable bonds is 3. The summed E-state index contributed by atoms with van der Waals surface area (Å²) in [6.07, 6.45) is 0. The highest BCUT2D eigenvalue weighted by Gasteiger charge is 2.18. The van der Waals surface area contributed by atoms with Crippen LogP contribution in [0.5, 0.6) is 0 Å². The zero-order valence-corrected chi connectivity index (χ0v) is 11.9. The van der Waals surface area contributed by atoms with Crippen molar-refractivity contribution in [2.75, 3.05) is 5.32 Å². The van der Waals surface area contributed by atoms with E-state index in [-0.39, 0.29) is 11.4 Å². The van der Waals surface area contributed by atoms with E-state index in [1.54, 1.807) is 0 Å². The molecule has 0 saturated heterocycles. The summed E-state index contributed by atoms with van der Waals surface area (Å²) in [5.74, 6) is -0.585. The van der Waals surface area contributed by atoms with Crippen molar-refractivity contribution in [2.45, 2.75) is 0 Å². The van der Waals surface area contributed by atoms with Crippen LogP contribution in [0.15, 0.2) is 42.5 Å². The number of thiophene rings is 1. The molecule has 0 spiro atoms. The van der Waals surface area contributed by atoms with Crippen LogP contribution >= 0.6 is 11.3 Å². The molecule has 7 heteroatoms. The zero-order valence-electron chi connectivity index (χ0n) is 11.0. The van der Waals surface area contributed by atoms with Crippen molar-refractivity contribution in [3.8, 4) is 0 Å². The number of benzene rings is 2. The number of nitrogens with one attached hydrogen (secondary N) is 1. The van der Waals surface area contributed by atoms with Gasteiger partial charge in [0.2, 0.25) is 5.69 Å². The maximum atomic E-state index is 13.4. The van der Waals surface area contributed by atoms with Crippen molar-refractivity contribution >= 4 is 43.5 Å². The van der Waals surface area contributed by atoms with Crippen LogP contribution in [-0.2, 0) is 0 Å². The fraction of sp³-hybridized carbons (Fsp3) is 0. The van der Waals surface area contributed by atoms with E-state index < -0.39 is 10.7 Å². The molecule has 1 heterocycles. The third-order valence-electron chi connectivity index (χ3n) is 3.08. The minimum Gasteiger partial charge on any atom is -0.350 e. The van der Waals surface area contributed by atoms with Crippen LogP contribution < -0.4 is 5.32 Å². The Morgan fingerprint density at radius 3 is 2.77 bits per heavy atom. The van der Waals surface area contributed by atoms with Crippen molar-refractivity contribution < 1.29 is 9.31 Å². The Bertz CT molecular complexity index is 930. The number of fused-ring (bicyclic) bond motifs is 1. The second kappa shape index (κ2) is 5.42. The largest absolute Gasteiger partial charge is 0.350 e. The Kier molecular flexibility index (Phi) is 3.45. The molecule has 0 unspecified atom stereocenters. The van der Waals surface area contributed by atoms with E-state index in [9.17, 15) is 14.5 Å². The Morgan fingerprint density at radius 2 is 2.05 bits per heavy atom. The van der Waals surface area contributed by atoms with Gasteiger partial charge in [0.25, 0.3) is 5.69 Å². The molecule has 3 aromatic rings. The number of anilines is 2. The Morgan fingerprint density at radius 1 is 1.27 bits per heavy atom. The van der Waals surface area contributed by atoms with Crippen molar-refractivity contribution in [3.05, 3.63) is 69.8 Å². The molecule has 22 heavy (non-hydrogen) atoms. The van der Waals surface area contributed by atoms with E-state index in [0.29, 0.717) is 10.7 Å². The number of nitro groups is 1. The van der Waals surface area contributed by atoms with Gasteiger partial charge in [0, 0.05) is 22.2 Å². The van der Waals surface area contributed by atoms with Crippen LogP contribution in [0.3, 0.4) is 0 Å². The van der Waals surface area contributed by atoms with Gasteiger partial charge in [-0.1, -0.05) is 18.2 Å². The minimum absolute atomic E-state index is 0.0291. The first-order valence-electron chi connectivity index (χ1n) is 6.20. The summed E-state index contributed by atoms with van der Waals surface area (Å²) in [7, 11) is 0. The van der Waals surface area contributed by atoms with Crippen LogP contribution in [0.1, 0.15) is 0 Å². The Balaban J connectivity index is 2.13. The number of nitrogens with zero attached hydrogens (tertiary/aromatic N) is 2. The summed E-state index contributed by atoms with van der Waals surface area (Å²) in [5.41, 5.74) is 0.162. The van der Waals surface area contributed by atoms with Crippen LogP contribution in [0.25, 0.3) is 14.9 Å². The number of nitro benzene ring substituents is 1. The van der Waals surface area contributed by atoms with Gasteiger partial charge in [0.05, 0.1) is 16.5 Å². The summed E-state index contributed by atoms with van der Waals surface area (Å²) >= 11 is 1.30. The van der Waals surface area contributed by atoms with Crippen LogP contribution in [0.4, 0.5) is 26.5 Å². The molecule has 0 aliphatic heterocycles. The smallest absolute Gasteiger partial charge is 0.292 e. The number of halogens is 1. The SMILES string of the molecule is [C-]#[N+]c1c(Nc2cc(F)ccc2[N+](=O)[O-])sc2ccccc12. The molecule has 0 aliphatic carbocycles. The molecule has 2 aromatic carbocycles. The van der Waals surface area contributed by atoms with Crippen molar-refractivity contribution in [2.24, 2.45) is 0 Å². The van der Waals surface area contributed by atoms with Crippen LogP contribution in [0, 0.1) is 22.5 Å². The molecule has 0 aliphatic rings. The molecular weight excluding hydrogens is 305 g/mol. The van der Waals surface area contributed by atoms with Crippen molar-refractivity contribution in [1.82, 2.24) is 0 Å². The summed E-state index contributed by atoms with van der Waals surface area (Å²) < 4.78 is 14.3. The van der Waals surface area contributed by atoms with Crippen molar-refractivity contribution in [1.29, 1.82) is 0 Å². The van der Waals surface area contributed by atoms with E-state index in [0.717, 1.165) is 28.3 Å². The molecule has 0 fully saturated rings. The maximum absolute atomic E-state index is 13.4. The van der Waals surface area contributed by atoms with Gasteiger partial charge in [-0.2, -0.15) is 0 Å². The molecule has 0 atom stereocenters. The first-order chi connectivity index (χ1) is 10.6. The molecule has 0 saturated carbocycles. The van der Waals surface area contributed by atoms with Gasteiger partial charge in [0.15, 0.2) is 0 Å². The summed E-state index contributed by atoms with van der Waals surface area (Å²) in [6.45, 7) is 7.31. The predicted molar refractivity (Wildman–Crippen MR) is 84.4 cm³/mol. The maximum Gasteiger partial charge on any atom is 0.292 e. The molecule has 0 radical (unpaired) electrons. The second-order valence-corrected chi connectivity index (χ2v) is 5.48. The molecule has 0 amide bonds. The molecule has 3 rings (SSSR count). The molecular formula is C15H8FN3O2S. The van der Waals surface area contributed by atoms with E-state index in [4.69, 9.17) is 6.57 Å². The minimum atomic E-state index is -0.591. The Hall–Kier alpha value is -2.98. The third kappa shape index (κ3) is 2.36. The standard InChI is InChI=1S/C15H8FN3O2S/c1-17-14-10-4-2-3-5-13(10)22-15(14)18-11-8-9(16)6-7-12(11)19(20)21/h2-8,18H. The summed E-state index contributed by atoms with van der Waals surface area (Å²) in [5, 5.41) is 15.1. The first-order valence-corrected chi connectivity index (χ1v) is 7.02. The molecule has 0 bridgehead atoms. The van der Waals surface area contributed by atoms with E-state index in [1.165, 1.54) is 11.3 Å². The lowest BCUT2D eigenvalue weighted by molar-refractivity contribution is -0.384. The molecule has 108 valence electrons. The second-order valence-electron chi connectivity index (χ2n) is 4.43. The normalized spacial score (nSPS) is 10.4. The number of hydrogen-bond acceptors (Lipinski definition) is 4. The highest BCUT2D eigenvalue weighted by molar-refractivity contribution is 7.23. The molecule has 5 nitrogen and oxygen atoms in total. The average molecular weight is 313 g/mol. The summed E-state index contributed by atoms with van der Waals surface area (Å²) in [4.78, 5) is 13.9. The first kappa shape index (κ1) is 14.0. The van der Waals surface area contributed by atoms with E-state index >= 15 is 0 Å². The van der Waals surface area contributed by atoms with Gasteiger partial charge >= 0.3 is 0 Å². The molecule has 1 aromatic heterocycles. The highest BCUT2D eigenvalue weighted by atomic mass is 32.1. The van der Waals surface area contributed by atoms with Gasteiger partial charge in [-0.15, -0.1) is 11.3 Å². The molecule has 1 N–H and O–H groups in total. The monoisotopic (exact) mass is 313 g/mol. The quantitative estimate of drug-likeness (QED) is 0.408. The van der Waals surface area contributed by atoms with E-state index in [1.807, 2.05) is 24.3 Å². The Labute approximate surface area is 128 Å². The lowest BCUT2D eigenvalue weighted by Gasteiger charge is -2.05. The lowest BCUT2D eigenvalue weighted by Crippen LogP contribution is -1.96. The van der Waals surface area contributed by atoms with Crippen LogP contribution in [0.2, 0.25) is 0 Å².